The zero-order valence-electron chi connectivity index (χ0n) is 13.1. The van der Waals surface area contributed by atoms with Gasteiger partial charge in [0.15, 0.2) is 0 Å². The van der Waals surface area contributed by atoms with Gasteiger partial charge in [0.25, 0.3) is 0 Å². The van der Waals surface area contributed by atoms with Crippen LogP contribution in [0.4, 0.5) is 5.82 Å². The molecule has 0 spiro atoms. The molecule has 0 saturated carbocycles. The van der Waals surface area contributed by atoms with E-state index in [0.717, 1.165) is 29.2 Å². The first-order valence-electron chi connectivity index (χ1n) is 7.20. The fourth-order valence-corrected chi connectivity index (χ4v) is 2.44. The van der Waals surface area contributed by atoms with Crippen molar-refractivity contribution in [3.63, 3.8) is 0 Å². The molecule has 21 heavy (non-hydrogen) atoms. The smallest absolute Gasteiger partial charge is 0.137 e. The van der Waals surface area contributed by atoms with Crippen molar-refractivity contribution in [2.24, 2.45) is 0 Å². The number of halogens is 1. The van der Waals surface area contributed by atoms with Crippen LogP contribution in [0.3, 0.4) is 0 Å². The highest BCUT2D eigenvalue weighted by atomic mass is 79.9. The molecule has 0 unspecified atom stereocenters. The molecule has 1 aromatic carbocycles. The van der Waals surface area contributed by atoms with Crippen LogP contribution in [0.25, 0.3) is 0 Å². The van der Waals surface area contributed by atoms with E-state index in [1.54, 1.807) is 0 Å². The second-order valence-electron chi connectivity index (χ2n) is 6.25. The van der Waals surface area contributed by atoms with Crippen molar-refractivity contribution in [2.75, 3.05) is 11.9 Å². The Morgan fingerprint density at radius 2 is 1.86 bits per heavy atom. The van der Waals surface area contributed by atoms with Crippen LogP contribution in [-0.4, -0.2) is 16.5 Å². The van der Waals surface area contributed by atoms with Crippen molar-refractivity contribution < 1.29 is 0 Å². The largest absolute Gasteiger partial charge is 0.370 e. The lowest BCUT2D eigenvalue weighted by atomic mass is 9.96. The van der Waals surface area contributed by atoms with Gasteiger partial charge in [0.05, 0.1) is 0 Å². The summed E-state index contributed by atoms with van der Waals surface area (Å²) in [5.74, 6) is 1.71. The summed E-state index contributed by atoms with van der Waals surface area (Å²) >= 11 is 3.46. The summed E-state index contributed by atoms with van der Waals surface area (Å²) in [7, 11) is 0. The fraction of sp³-hybridized carbons (Fsp3) is 0.412. The molecule has 1 heterocycles. The third-order valence-electron chi connectivity index (χ3n) is 3.33. The quantitative estimate of drug-likeness (QED) is 0.827. The molecule has 0 amide bonds. The lowest BCUT2D eigenvalue weighted by Gasteiger charge is -2.18. The number of aromatic nitrogens is 2. The molecule has 4 heteroatoms. The van der Waals surface area contributed by atoms with Crippen molar-refractivity contribution in [1.29, 1.82) is 0 Å². The van der Waals surface area contributed by atoms with Gasteiger partial charge in [-0.2, -0.15) is 0 Å². The fourth-order valence-electron chi connectivity index (χ4n) is 2.06. The molecule has 0 bridgehead atoms. The second kappa shape index (κ2) is 6.56. The summed E-state index contributed by atoms with van der Waals surface area (Å²) in [5.41, 5.74) is 2.64. The molecule has 2 aromatic rings. The Morgan fingerprint density at radius 1 is 1.14 bits per heavy atom. The molecule has 3 nitrogen and oxygen atoms in total. The van der Waals surface area contributed by atoms with Gasteiger partial charge in [-0.3, -0.25) is 0 Å². The van der Waals surface area contributed by atoms with Gasteiger partial charge in [0.2, 0.25) is 0 Å². The van der Waals surface area contributed by atoms with Crippen LogP contribution >= 0.6 is 15.9 Å². The van der Waals surface area contributed by atoms with E-state index in [0.29, 0.717) is 0 Å². The Morgan fingerprint density at radius 3 is 2.52 bits per heavy atom. The first kappa shape index (κ1) is 16.0. The highest BCUT2D eigenvalue weighted by Crippen LogP contribution is 2.22. The van der Waals surface area contributed by atoms with Gasteiger partial charge >= 0.3 is 0 Å². The molecule has 0 fully saturated rings. The van der Waals surface area contributed by atoms with Gasteiger partial charge in [0, 0.05) is 18.0 Å². The Bertz CT molecular complexity index is 618. The number of benzene rings is 1. The Kier molecular flexibility index (Phi) is 4.99. The van der Waals surface area contributed by atoms with Crippen LogP contribution in [0.2, 0.25) is 0 Å². The average molecular weight is 348 g/mol. The molecule has 1 N–H and O–H groups in total. The third kappa shape index (κ3) is 4.53. The predicted octanol–water partition coefficient (Wildman–Crippen LogP) is 4.50. The van der Waals surface area contributed by atoms with E-state index in [1.807, 2.05) is 6.07 Å². The van der Waals surface area contributed by atoms with Crippen LogP contribution in [0.15, 0.2) is 34.9 Å². The second-order valence-corrected chi connectivity index (χ2v) is 7.07. The Labute approximate surface area is 135 Å². The number of hydrogen-bond acceptors (Lipinski definition) is 3. The minimum Gasteiger partial charge on any atom is -0.370 e. The number of hydrogen-bond donors (Lipinski definition) is 1. The average Bonchev–Trinajstić information content (AvgIpc) is 2.39. The molecular weight excluding hydrogens is 326 g/mol. The zero-order chi connectivity index (χ0) is 15.5. The molecule has 0 aliphatic heterocycles. The summed E-state index contributed by atoms with van der Waals surface area (Å²) in [5, 5.41) is 3.39. The number of anilines is 1. The zero-order valence-corrected chi connectivity index (χ0v) is 14.7. The van der Waals surface area contributed by atoms with E-state index in [9.17, 15) is 0 Å². The van der Waals surface area contributed by atoms with Crippen LogP contribution < -0.4 is 5.32 Å². The summed E-state index contributed by atoms with van der Waals surface area (Å²) in [6.45, 7) is 9.36. The predicted molar refractivity (Wildman–Crippen MR) is 91.8 cm³/mol. The number of rotatable bonds is 4. The summed E-state index contributed by atoms with van der Waals surface area (Å²) in [4.78, 5) is 9.06. The molecule has 1 aromatic heterocycles. The summed E-state index contributed by atoms with van der Waals surface area (Å²) in [6.07, 6.45) is 0.985. The summed E-state index contributed by atoms with van der Waals surface area (Å²) < 4.78 is 0.820. The molecule has 0 saturated heterocycles. The van der Waals surface area contributed by atoms with Crippen molar-refractivity contribution in [2.45, 2.75) is 39.5 Å². The van der Waals surface area contributed by atoms with Crippen molar-refractivity contribution in [3.8, 4) is 0 Å². The minimum atomic E-state index is -0.0593. The maximum atomic E-state index is 4.61. The SMILES string of the molecule is Cc1ccccc1CCNc1cc(Br)nc(C(C)(C)C)n1. The Hall–Kier alpha value is -1.42. The molecule has 2 rings (SSSR count). The molecular formula is C17H22BrN3. The maximum absolute atomic E-state index is 4.61. The molecule has 0 radical (unpaired) electrons. The topological polar surface area (TPSA) is 37.8 Å². The number of nitrogens with zero attached hydrogens (tertiary/aromatic N) is 2. The first-order valence-corrected chi connectivity index (χ1v) is 7.99. The third-order valence-corrected chi connectivity index (χ3v) is 3.73. The first-order chi connectivity index (χ1) is 9.86. The van der Waals surface area contributed by atoms with Gasteiger partial charge in [-0.05, 0) is 40.4 Å². The van der Waals surface area contributed by atoms with Gasteiger partial charge in [-0.1, -0.05) is 45.0 Å². The van der Waals surface area contributed by atoms with Crippen molar-refractivity contribution in [3.05, 3.63) is 51.9 Å². The highest BCUT2D eigenvalue weighted by molar-refractivity contribution is 9.10. The minimum absolute atomic E-state index is 0.0593. The van der Waals surface area contributed by atoms with Gasteiger partial charge < -0.3 is 5.32 Å². The Balaban J connectivity index is 2.04. The van der Waals surface area contributed by atoms with E-state index >= 15 is 0 Å². The maximum Gasteiger partial charge on any atom is 0.137 e. The van der Waals surface area contributed by atoms with Crippen molar-refractivity contribution in [1.82, 2.24) is 9.97 Å². The molecule has 0 atom stereocenters. The normalized spacial score (nSPS) is 11.5. The van der Waals surface area contributed by atoms with Gasteiger partial charge in [-0.15, -0.1) is 0 Å². The summed E-state index contributed by atoms with van der Waals surface area (Å²) in [6, 6.07) is 10.4. The van der Waals surface area contributed by atoms with Crippen LogP contribution in [-0.2, 0) is 11.8 Å². The van der Waals surface area contributed by atoms with E-state index < -0.39 is 0 Å². The highest BCUT2D eigenvalue weighted by Gasteiger charge is 2.18. The lowest BCUT2D eigenvalue weighted by molar-refractivity contribution is 0.544. The van der Waals surface area contributed by atoms with Gasteiger partial charge in [-0.25, -0.2) is 9.97 Å². The number of aryl methyl sites for hydroxylation is 1. The van der Waals surface area contributed by atoms with Gasteiger partial charge in [0.1, 0.15) is 16.2 Å². The van der Waals surface area contributed by atoms with Crippen molar-refractivity contribution >= 4 is 21.7 Å². The van der Waals surface area contributed by atoms with Crippen LogP contribution in [0, 0.1) is 6.92 Å². The lowest BCUT2D eigenvalue weighted by Crippen LogP contribution is -2.18. The molecule has 0 aliphatic rings. The molecule has 0 aliphatic carbocycles. The van der Waals surface area contributed by atoms with E-state index in [4.69, 9.17) is 0 Å². The van der Waals surface area contributed by atoms with E-state index in [1.165, 1.54) is 11.1 Å². The van der Waals surface area contributed by atoms with Crippen LogP contribution in [0.5, 0.6) is 0 Å². The van der Waals surface area contributed by atoms with Crippen LogP contribution in [0.1, 0.15) is 37.7 Å². The van der Waals surface area contributed by atoms with E-state index in [2.05, 4.69) is 83.2 Å². The van der Waals surface area contributed by atoms with E-state index in [-0.39, 0.29) is 5.41 Å². The molecule has 112 valence electrons. The number of nitrogens with one attached hydrogen (secondary N) is 1. The standard InChI is InChI=1S/C17H22BrN3/c1-12-7-5-6-8-13(12)9-10-19-15-11-14(18)20-16(21-15)17(2,3)4/h5-8,11H,9-10H2,1-4H3,(H,19,20,21). The monoisotopic (exact) mass is 347 g/mol.